The molecule has 0 bridgehead atoms. The van der Waals surface area contributed by atoms with Gasteiger partial charge in [0, 0.05) is 6.92 Å². The Bertz CT molecular complexity index is 849. The first kappa shape index (κ1) is 22.9. The predicted octanol–water partition coefficient (Wildman–Crippen LogP) is 5.34. The van der Waals surface area contributed by atoms with Crippen molar-refractivity contribution in [2.24, 2.45) is 0 Å². The lowest BCUT2D eigenvalue weighted by Gasteiger charge is -2.29. The maximum absolute atomic E-state index is 12.1. The molecule has 0 fully saturated rings. The van der Waals surface area contributed by atoms with Gasteiger partial charge in [-0.25, -0.2) is 0 Å². The van der Waals surface area contributed by atoms with E-state index in [1.54, 1.807) is 0 Å². The molecule has 0 aliphatic rings. The van der Waals surface area contributed by atoms with E-state index in [1.807, 2.05) is 54.6 Å². The lowest BCUT2D eigenvalue weighted by molar-refractivity contribution is -0.118. The summed E-state index contributed by atoms with van der Waals surface area (Å²) in [5.41, 5.74) is 0.543. The second kappa shape index (κ2) is 10.4. The monoisotopic (exact) mass is 542 g/mol. The molecule has 0 radical (unpaired) electrons. The van der Waals surface area contributed by atoms with Crippen LogP contribution in [0.2, 0.25) is 0 Å². The molecule has 0 aromatic heterocycles. The van der Waals surface area contributed by atoms with Crippen LogP contribution in [0, 0.1) is 0 Å². The molecule has 0 heterocycles. The Morgan fingerprint density at radius 3 is 1.29 bits per heavy atom. The Morgan fingerprint density at radius 1 is 0.714 bits per heavy atom. The molecular formula is C22H20Cl2INOP+. The number of carbonyl (C=O) groups is 1. The largest absolute Gasteiger partial charge is 0.294 e. The van der Waals surface area contributed by atoms with Crippen LogP contribution in [0.5, 0.6) is 0 Å². The van der Waals surface area contributed by atoms with E-state index in [-0.39, 0.29) is 34.4 Å². The highest BCUT2D eigenvalue weighted by Crippen LogP contribution is 2.62. The minimum atomic E-state index is -2.49. The predicted molar refractivity (Wildman–Crippen MR) is 133 cm³/mol. The third-order valence-electron chi connectivity index (χ3n) is 4.24. The van der Waals surface area contributed by atoms with Gasteiger partial charge in [0.15, 0.2) is 11.8 Å². The van der Waals surface area contributed by atoms with E-state index in [2.05, 4.69) is 41.7 Å². The number of benzene rings is 3. The molecule has 144 valence electrons. The van der Waals surface area contributed by atoms with Crippen LogP contribution in [0.25, 0.3) is 0 Å². The quantitative estimate of drug-likeness (QED) is 0.342. The Hall–Kier alpha value is -1.39. The van der Waals surface area contributed by atoms with Gasteiger partial charge in [-0.2, -0.15) is 0 Å². The fourth-order valence-electron chi connectivity index (χ4n) is 3.21. The van der Waals surface area contributed by atoms with Gasteiger partial charge in [-0.3, -0.25) is 10.1 Å². The first-order valence-electron chi connectivity index (χ1n) is 8.46. The molecule has 3 aromatic carbocycles. The highest BCUT2D eigenvalue weighted by atomic mass is 127. The van der Waals surface area contributed by atoms with E-state index < -0.39 is 7.26 Å². The van der Waals surface area contributed by atoms with Gasteiger partial charge in [-0.1, -0.05) is 77.8 Å². The molecule has 3 rings (SSSR count). The minimum absolute atomic E-state index is 0. The SMILES string of the molecule is CC(=O)NC(=C(Cl)Cl)[P+](c1ccccc1)(c1ccccc1)c1ccccc1.I. The molecule has 0 saturated heterocycles. The Kier molecular flexibility index (Phi) is 8.51. The molecule has 0 atom stereocenters. The van der Waals surface area contributed by atoms with Crippen LogP contribution in [0.4, 0.5) is 0 Å². The number of nitrogens with one attached hydrogen (secondary N) is 1. The highest BCUT2D eigenvalue weighted by Gasteiger charge is 2.51. The molecule has 0 saturated carbocycles. The summed E-state index contributed by atoms with van der Waals surface area (Å²) in [6.45, 7) is 1.46. The topological polar surface area (TPSA) is 29.1 Å². The molecule has 28 heavy (non-hydrogen) atoms. The summed E-state index contributed by atoms with van der Waals surface area (Å²) < 4.78 is 0.0649. The fraction of sp³-hybridized carbons (Fsp3) is 0.0455. The Morgan fingerprint density at radius 2 is 1.04 bits per heavy atom. The van der Waals surface area contributed by atoms with Crippen LogP contribution in [-0.4, -0.2) is 5.91 Å². The van der Waals surface area contributed by atoms with Gasteiger partial charge in [-0.15, -0.1) is 24.0 Å². The van der Waals surface area contributed by atoms with Crippen molar-refractivity contribution in [2.45, 2.75) is 6.92 Å². The number of amides is 1. The lowest BCUT2D eigenvalue weighted by atomic mass is 10.4. The molecule has 3 aromatic rings. The van der Waals surface area contributed by atoms with E-state index in [9.17, 15) is 4.79 Å². The third-order valence-corrected chi connectivity index (χ3v) is 9.11. The van der Waals surface area contributed by atoms with Crippen molar-refractivity contribution in [1.82, 2.24) is 5.32 Å². The van der Waals surface area contributed by atoms with E-state index in [0.717, 1.165) is 15.9 Å². The molecule has 1 amide bonds. The molecule has 0 spiro atoms. The van der Waals surface area contributed by atoms with Gasteiger partial charge in [-0.05, 0) is 36.4 Å². The normalized spacial score (nSPS) is 10.5. The lowest BCUT2D eigenvalue weighted by Crippen LogP contribution is -2.38. The van der Waals surface area contributed by atoms with Gasteiger partial charge in [0.2, 0.25) is 11.3 Å². The van der Waals surface area contributed by atoms with E-state index in [4.69, 9.17) is 23.2 Å². The van der Waals surface area contributed by atoms with Crippen molar-refractivity contribution >= 4 is 76.3 Å². The summed E-state index contributed by atoms with van der Waals surface area (Å²) in [6.07, 6.45) is 0. The highest BCUT2D eigenvalue weighted by molar-refractivity contribution is 14.0. The average Bonchev–Trinajstić information content (AvgIpc) is 2.70. The number of hydrogen-bond acceptors (Lipinski definition) is 1. The molecule has 1 N–H and O–H groups in total. The summed E-state index contributed by atoms with van der Waals surface area (Å²) in [7, 11) is -2.49. The molecular weight excluding hydrogens is 523 g/mol. The maximum Gasteiger partial charge on any atom is 0.223 e. The summed E-state index contributed by atoms with van der Waals surface area (Å²) in [6, 6.07) is 30.2. The van der Waals surface area contributed by atoms with Crippen LogP contribution in [0.3, 0.4) is 0 Å². The Labute approximate surface area is 193 Å². The van der Waals surface area contributed by atoms with Crippen molar-refractivity contribution in [3.05, 3.63) is 101 Å². The van der Waals surface area contributed by atoms with Crippen molar-refractivity contribution in [2.75, 3.05) is 0 Å². The second-order valence-electron chi connectivity index (χ2n) is 5.97. The summed E-state index contributed by atoms with van der Waals surface area (Å²) in [5, 5.41) is 6.12. The molecule has 0 aliphatic heterocycles. The van der Waals surface area contributed by atoms with E-state index in [1.165, 1.54) is 6.92 Å². The molecule has 6 heteroatoms. The van der Waals surface area contributed by atoms with Crippen LogP contribution >= 0.6 is 54.4 Å². The first-order chi connectivity index (χ1) is 13.1. The second-order valence-corrected chi connectivity index (χ2v) is 10.3. The van der Waals surface area contributed by atoms with Gasteiger partial charge >= 0.3 is 0 Å². The van der Waals surface area contributed by atoms with Crippen molar-refractivity contribution in [1.29, 1.82) is 0 Å². The molecule has 0 unspecified atom stereocenters. The van der Waals surface area contributed by atoms with Crippen molar-refractivity contribution in [3.63, 3.8) is 0 Å². The molecule has 2 nitrogen and oxygen atoms in total. The summed E-state index contributed by atoms with van der Waals surface area (Å²) in [5.74, 6) is -0.212. The van der Waals surface area contributed by atoms with Gasteiger partial charge in [0.1, 0.15) is 15.9 Å². The zero-order valence-electron chi connectivity index (χ0n) is 15.2. The third kappa shape index (κ3) is 4.60. The number of halogens is 3. The zero-order valence-corrected chi connectivity index (χ0v) is 19.9. The van der Waals surface area contributed by atoms with E-state index in [0.29, 0.717) is 5.44 Å². The smallest absolute Gasteiger partial charge is 0.223 e. The minimum Gasteiger partial charge on any atom is -0.294 e. The van der Waals surface area contributed by atoms with Crippen molar-refractivity contribution in [3.8, 4) is 0 Å². The Balaban J connectivity index is 0.00000280. The number of rotatable bonds is 5. The van der Waals surface area contributed by atoms with Crippen LogP contribution in [0.15, 0.2) is 101 Å². The average molecular weight is 543 g/mol. The standard InChI is InChI=1S/C22H18Cl2NOP.HI/c1-17(26)25-22(21(23)24)27(18-11-5-2-6-12-18,19-13-7-3-8-14-19)20-15-9-4-10-16-20;/h2-16H,1H3;1H/p+1. The van der Waals surface area contributed by atoms with Gasteiger partial charge < -0.3 is 0 Å². The molecule has 0 aliphatic carbocycles. The van der Waals surface area contributed by atoms with Crippen molar-refractivity contribution < 1.29 is 4.79 Å². The number of hydrogen-bond donors (Lipinski definition) is 1. The summed E-state index contributed by atoms with van der Waals surface area (Å²) in [4.78, 5) is 12.1. The number of carbonyl (C=O) groups excluding carboxylic acids is 1. The first-order valence-corrected chi connectivity index (χ1v) is 11.0. The summed E-state index contributed by atoms with van der Waals surface area (Å²) >= 11 is 12.8. The van der Waals surface area contributed by atoms with Crippen LogP contribution in [-0.2, 0) is 4.79 Å². The van der Waals surface area contributed by atoms with Crippen LogP contribution < -0.4 is 21.2 Å². The maximum atomic E-state index is 12.1. The van der Waals surface area contributed by atoms with Gasteiger partial charge in [0.25, 0.3) is 0 Å². The van der Waals surface area contributed by atoms with E-state index >= 15 is 0 Å². The van der Waals surface area contributed by atoms with Crippen LogP contribution in [0.1, 0.15) is 6.92 Å². The van der Waals surface area contributed by atoms with Gasteiger partial charge in [0.05, 0.1) is 0 Å². The fourth-order valence-corrected chi connectivity index (χ4v) is 8.17. The zero-order chi connectivity index (χ0) is 19.3.